The summed E-state index contributed by atoms with van der Waals surface area (Å²) in [4.78, 5) is 24.5. The molecule has 2 aromatic carbocycles. The molecule has 2 rings (SSSR count). The third kappa shape index (κ3) is 4.10. The smallest absolute Gasteiger partial charge is 0.269 e. The quantitative estimate of drug-likeness (QED) is 0.653. The Kier molecular flexibility index (Phi) is 5.18. The van der Waals surface area contributed by atoms with Gasteiger partial charge in [-0.1, -0.05) is 18.2 Å². The number of anilines is 1. The molecule has 0 aliphatic rings. The van der Waals surface area contributed by atoms with Crippen molar-refractivity contribution in [1.82, 2.24) is 5.32 Å². The first-order chi connectivity index (χ1) is 11.3. The van der Waals surface area contributed by atoms with Crippen molar-refractivity contribution < 1.29 is 9.72 Å². The standard InChI is InChI=1S/C18H21N3O3/c1-18(2,20(3)15-7-5-4-6-8-15)13-19-17(22)14-9-11-16(12-10-14)21(23)24/h4-12H,13H2,1-3H3,(H,19,22). The number of nitrogens with zero attached hydrogens (tertiary/aromatic N) is 2. The first kappa shape index (κ1) is 17.5. The number of benzene rings is 2. The van der Waals surface area contributed by atoms with Crippen molar-refractivity contribution in [2.45, 2.75) is 19.4 Å². The molecule has 0 saturated heterocycles. The fraction of sp³-hybridized carbons (Fsp3) is 0.278. The van der Waals surface area contributed by atoms with Gasteiger partial charge in [0, 0.05) is 37.0 Å². The fourth-order valence-electron chi connectivity index (χ4n) is 2.25. The van der Waals surface area contributed by atoms with Crippen molar-refractivity contribution in [1.29, 1.82) is 0 Å². The van der Waals surface area contributed by atoms with Crippen LogP contribution >= 0.6 is 0 Å². The first-order valence-electron chi connectivity index (χ1n) is 7.63. The number of carbonyl (C=O) groups is 1. The molecule has 0 fully saturated rings. The van der Waals surface area contributed by atoms with Gasteiger partial charge >= 0.3 is 0 Å². The number of likely N-dealkylation sites (N-methyl/N-ethyl adjacent to an activating group) is 1. The summed E-state index contributed by atoms with van der Waals surface area (Å²) in [5.41, 5.74) is 1.14. The molecular formula is C18H21N3O3. The van der Waals surface area contributed by atoms with E-state index in [1.54, 1.807) is 0 Å². The van der Waals surface area contributed by atoms with E-state index in [9.17, 15) is 14.9 Å². The van der Waals surface area contributed by atoms with E-state index in [2.05, 4.69) is 10.2 Å². The highest BCUT2D eigenvalue weighted by Crippen LogP contribution is 2.21. The number of nitro benzene ring substituents is 1. The Morgan fingerprint density at radius 2 is 1.71 bits per heavy atom. The van der Waals surface area contributed by atoms with E-state index < -0.39 is 4.92 Å². The molecule has 0 aliphatic carbocycles. The van der Waals surface area contributed by atoms with Crippen LogP contribution in [0, 0.1) is 10.1 Å². The van der Waals surface area contributed by atoms with Gasteiger partial charge in [-0.2, -0.15) is 0 Å². The molecule has 1 amide bonds. The van der Waals surface area contributed by atoms with Crippen LogP contribution in [0.3, 0.4) is 0 Å². The van der Waals surface area contributed by atoms with Gasteiger partial charge < -0.3 is 10.2 Å². The largest absolute Gasteiger partial charge is 0.368 e. The molecule has 0 unspecified atom stereocenters. The average Bonchev–Trinajstić information content (AvgIpc) is 2.60. The maximum absolute atomic E-state index is 12.2. The van der Waals surface area contributed by atoms with Gasteiger partial charge in [0.25, 0.3) is 11.6 Å². The van der Waals surface area contributed by atoms with Gasteiger partial charge in [0.2, 0.25) is 0 Å². The minimum absolute atomic E-state index is 0.0318. The molecule has 1 N–H and O–H groups in total. The molecule has 0 atom stereocenters. The molecule has 6 heteroatoms. The minimum Gasteiger partial charge on any atom is -0.368 e. The van der Waals surface area contributed by atoms with E-state index in [4.69, 9.17) is 0 Å². The van der Waals surface area contributed by atoms with Crippen LogP contribution in [0.4, 0.5) is 11.4 Å². The summed E-state index contributed by atoms with van der Waals surface area (Å²) >= 11 is 0. The van der Waals surface area contributed by atoms with Crippen LogP contribution in [0.1, 0.15) is 24.2 Å². The second-order valence-corrected chi connectivity index (χ2v) is 6.19. The number of amides is 1. The van der Waals surface area contributed by atoms with Crippen LogP contribution in [0.5, 0.6) is 0 Å². The van der Waals surface area contributed by atoms with Gasteiger partial charge in [-0.05, 0) is 38.1 Å². The van der Waals surface area contributed by atoms with Crippen molar-refractivity contribution in [3.8, 4) is 0 Å². The predicted molar refractivity (Wildman–Crippen MR) is 94.4 cm³/mol. The van der Waals surface area contributed by atoms with E-state index in [1.807, 2.05) is 51.2 Å². The molecular weight excluding hydrogens is 306 g/mol. The summed E-state index contributed by atoms with van der Waals surface area (Å²) in [5.74, 6) is -0.251. The Hall–Kier alpha value is -2.89. The van der Waals surface area contributed by atoms with E-state index in [-0.39, 0.29) is 17.1 Å². The van der Waals surface area contributed by atoms with E-state index in [0.717, 1.165) is 5.69 Å². The molecule has 6 nitrogen and oxygen atoms in total. The highest BCUT2D eigenvalue weighted by atomic mass is 16.6. The van der Waals surface area contributed by atoms with Crippen molar-refractivity contribution in [3.63, 3.8) is 0 Å². The molecule has 0 saturated carbocycles. The molecule has 0 spiro atoms. The van der Waals surface area contributed by atoms with Crippen molar-refractivity contribution >= 4 is 17.3 Å². The number of nitro groups is 1. The number of non-ortho nitro benzene ring substituents is 1. The van der Waals surface area contributed by atoms with Gasteiger partial charge in [0.15, 0.2) is 0 Å². The lowest BCUT2D eigenvalue weighted by Gasteiger charge is -2.37. The first-order valence-corrected chi connectivity index (χ1v) is 7.63. The highest BCUT2D eigenvalue weighted by Gasteiger charge is 2.24. The molecule has 0 aliphatic heterocycles. The maximum atomic E-state index is 12.2. The SMILES string of the molecule is CN(c1ccccc1)C(C)(C)CNC(=O)c1ccc([N+](=O)[O-])cc1. The van der Waals surface area contributed by atoms with Crippen LogP contribution in [0.15, 0.2) is 54.6 Å². The van der Waals surface area contributed by atoms with E-state index in [0.29, 0.717) is 12.1 Å². The van der Waals surface area contributed by atoms with E-state index in [1.165, 1.54) is 24.3 Å². The van der Waals surface area contributed by atoms with Crippen LogP contribution in [-0.2, 0) is 0 Å². The zero-order valence-electron chi connectivity index (χ0n) is 14.0. The van der Waals surface area contributed by atoms with Crippen LogP contribution in [0.2, 0.25) is 0 Å². The lowest BCUT2D eigenvalue weighted by atomic mass is 10.0. The molecule has 2 aromatic rings. The maximum Gasteiger partial charge on any atom is 0.269 e. The third-order valence-electron chi connectivity index (χ3n) is 4.07. The van der Waals surface area contributed by atoms with Gasteiger partial charge in [-0.25, -0.2) is 0 Å². The Morgan fingerprint density at radius 1 is 1.12 bits per heavy atom. The summed E-state index contributed by atoms with van der Waals surface area (Å²) in [5, 5.41) is 13.5. The van der Waals surface area contributed by atoms with Crippen molar-refractivity contribution in [3.05, 3.63) is 70.3 Å². The molecule has 0 bridgehead atoms. The summed E-state index contributed by atoms with van der Waals surface area (Å²) in [7, 11) is 1.98. The third-order valence-corrected chi connectivity index (χ3v) is 4.07. The Balaban J connectivity index is 2.00. The average molecular weight is 327 g/mol. The highest BCUT2D eigenvalue weighted by molar-refractivity contribution is 5.94. The normalized spacial score (nSPS) is 11.0. The minimum atomic E-state index is -0.486. The van der Waals surface area contributed by atoms with Crippen LogP contribution < -0.4 is 10.2 Å². The zero-order valence-corrected chi connectivity index (χ0v) is 14.0. The van der Waals surface area contributed by atoms with Gasteiger partial charge in [0.1, 0.15) is 0 Å². The fourth-order valence-corrected chi connectivity index (χ4v) is 2.25. The Labute approximate surface area is 141 Å². The summed E-state index contributed by atoms with van der Waals surface area (Å²) in [6.45, 7) is 4.51. The van der Waals surface area contributed by atoms with Crippen LogP contribution in [-0.4, -0.2) is 30.0 Å². The summed E-state index contributed by atoms with van der Waals surface area (Å²) in [6, 6.07) is 15.5. The zero-order chi connectivity index (χ0) is 17.7. The molecule has 24 heavy (non-hydrogen) atoms. The van der Waals surface area contributed by atoms with Gasteiger partial charge in [0.05, 0.1) is 10.5 Å². The summed E-state index contributed by atoms with van der Waals surface area (Å²) in [6.07, 6.45) is 0. The topological polar surface area (TPSA) is 75.5 Å². The number of para-hydroxylation sites is 1. The van der Waals surface area contributed by atoms with E-state index >= 15 is 0 Å². The second kappa shape index (κ2) is 7.12. The molecule has 0 aromatic heterocycles. The van der Waals surface area contributed by atoms with Crippen LogP contribution in [0.25, 0.3) is 0 Å². The molecule has 126 valence electrons. The lowest BCUT2D eigenvalue weighted by Crippen LogP contribution is -2.50. The van der Waals surface area contributed by atoms with Crippen molar-refractivity contribution in [2.24, 2.45) is 0 Å². The number of nitrogens with one attached hydrogen (secondary N) is 1. The van der Waals surface area contributed by atoms with Gasteiger partial charge in [-0.3, -0.25) is 14.9 Å². The number of carbonyl (C=O) groups excluding carboxylic acids is 1. The number of rotatable bonds is 6. The van der Waals surface area contributed by atoms with Gasteiger partial charge in [-0.15, -0.1) is 0 Å². The number of hydrogen-bond donors (Lipinski definition) is 1. The Bertz CT molecular complexity index is 712. The molecule has 0 radical (unpaired) electrons. The number of hydrogen-bond acceptors (Lipinski definition) is 4. The Morgan fingerprint density at radius 3 is 2.25 bits per heavy atom. The molecule has 0 heterocycles. The monoisotopic (exact) mass is 327 g/mol. The second-order valence-electron chi connectivity index (χ2n) is 6.19. The van der Waals surface area contributed by atoms with Crippen molar-refractivity contribution in [2.75, 3.05) is 18.5 Å². The predicted octanol–water partition coefficient (Wildman–Crippen LogP) is 3.24. The summed E-state index contributed by atoms with van der Waals surface area (Å²) < 4.78 is 0. The lowest BCUT2D eigenvalue weighted by molar-refractivity contribution is -0.384.